The normalized spacial score (nSPS) is 20.6. The van der Waals surface area contributed by atoms with Gasteiger partial charge >= 0.3 is 0 Å². The summed E-state index contributed by atoms with van der Waals surface area (Å²) < 4.78 is 0. The second-order valence-electron chi connectivity index (χ2n) is 6.38. The summed E-state index contributed by atoms with van der Waals surface area (Å²) in [5, 5.41) is 3.22. The summed E-state index contributed by atoms with van der Waals surface area (Å²) in [7, 11) is 0. The summed E-state index contributed by atoms with van der Waals surface area (Å²) in [5.41, 5.74) is 1.40. The van der Waals surface area contributed by atoms with Crippen molar-refractivity contribution in [2.45, 2.75) is 11.3 Å². The summed E-state index contributed by atoms with van der Waals surface area (Å²) in [6.45, 7) is 0. The van der Waals surface area contributed by atoms with Gasteiger partial charge in [0.2, 0.25) is 5.91 Å². The summed E-state index contributed by atoms with van der Waals surface area (Å²) in [6.07, 6.45) is 4.95. The van der Waals surface area contributed by atoms with Gasteiger partial charge in [0.15, 0.2) is 11.6 Å². The van der Waals surface area contributed by atoms with Gasteiger partial charge in [0.25, 0.3) is 0 Å². The van der Waals surface area contributed by atoms with Crippen LogP contribution in [-0.4, -0.2) is 22.3 Å². The predicted octanol–water partition coefficient (Wildman–Crippen LogP) is 4.46. The molecule has 1 atom stereocenters. The van der Waals surface area contributed by atoms with Crippen LogP contribution in [0.15, 0.2) is 65.7 Å². The Morgan fingerprint density at radius 3 is 2.30 bits per heavy atom. The maximum Gasteiger partial charge on any atom is 0.249 e. The largest absolute Gasteiger partial charge is 0.324 e. The van der Waals surface area contributed by atoms with Gasteiger partial charge in [0, 0.05) is 21.7 Å². The van der Waals surface area contributed by atoms with Crippen molar-refractivity contribution in [3.63, 3.8) is 0 Å². The van der Waals surface area contributed by atoms with Gasteiger partial charge in [0.1, 0.15) is 4.87 Å². The van der Waals surface area contributed by atoms with Crippen LogP contribution < -0.4 is 5.32 Å². The highest BCUT2D eigenvalue weighted by molar-refractivity contribution is 6.40. The minimum absolute atomic E-state index is 0.184. The Morgan fingerprint density at radius 2 is 1.63 bits per heavy atom. The summed E-state index contributed by atoms with van der Waals surface area (Å²) in [5.74, 6) is -1.04. The standard InChI is InChI=1S/C21H13Cl2NO3/c22-12-8-10-21(23,11-9-12)20(27)24-16-7-3-6-15-17(16)19(26)14-5-2-1-4-13(14)18(15)25/h1-10H,11H2,(H,24,27). The van der Waals surface area contributed by atoms with Gasteiger partial charge in [-0.15, -0.1) is 11.6 Å². The highest BCUT2D eigenvalue weighted by Gasteiger charge is 2.36. The minimum atomic E-state index is -1.30. The van der Waals surface area contributed by atoms with Crippen molar-refractivity contribution < 1.29 is 14.4 Å². The Labute approximate surface area is 165 Å². The van der Waals surface area contributed by atoms with Gasteiger partial charge in [-0.1, -0.05) is 60.2 Å². The van der Waals surface area contributed by atoms with Crippen LogP contribution in [0.3, 0.4) is 0 Å². The van der Waals surface area contributed by atoms with Gasteiger partial charge in [-0.3, -0.25) is 14.4 Å². The highest BCUT2D eigenvalue weighted by Crippen LogP contribution is 2.34. The fourth-order valence-electron chi connectivity index (χ4n) is 3.24. The van der Waals surface area contributed by atoms with E-state index in [4.69, 9.17) is 23.2 Å². The number of benzene rings is 2. The number of rotatable bonds is 2. The number of fused-ring (bicyclic) bond motifs is 2. The van der Waals surface area contributed by atoms with Gasteiger partial charge in [-0.05, 0) is 18.6 Å². The van der Waals surface area contributed by atoms with E-state index in [9.17, 15) is 14.4 Å². The molecule has 0 heterocycles. The molecule has 0 saturated carbocycles. The number of halogens is 2. The maximum atomic E-state index is 13.0. The third-order valence-electron chi connectivity index (χ3n) is 4.68. The Morgan fingerprint density at radius 1 is 0.963 bits per heavy atom. The fraction of sp³-hybridized carbons (Fsp3) is 0.0952. The van der Waals surface area contributed by atoms with Crippen molar-refractivity contribution in [3.8, 4) is 0 Å². The molecule has 2 aliphatic rings. The maximum absolute atomic E-state index is 13.0. The molecule has 0 saturated heterocycles. The number of hydrogen-bond donors (Lipinski definition) is 1. The fourth-order valence-corrected chi connectivity index (χ4v) is 3.57. The van der Waals surface area contributed by atoms with Gasteiger partial charge in [-0.25, -0.2) is 0 Å². The smallest absolute Gasteiger partial charge is 0.249 e. The van der Waals surface area contributed by atoms with E-state index < -0.39 is 10.8 Å². The van der Waals surface area contributed by atoms with E-state index in [-0.39, 0.29) is 34.8 Å². The quantitative estimate of drug-likeness (QED) is 0.649. The van der Waals surface area contributed by atoms with E-state index in [0.717, 1.165) is 0 Å². The minimum Gasteiger partial charge on any atom is -0.324 e. The zero-order valence-corrected chi connectivity index (χ0v) is 15.5. The molecule has 2 aromatic rings. The Hall–Kier alpha value is -2.69. The number of ketones is 2. The first-order valence-electron chi connectivity index (χ1n) is 8.27. The van der Waals surface area contributed by atoms with E-state index in [0.29, 0.717) is 16.2 Å². The van der Waals surface area contributed by atoms with Gasteiger partial charge < -0.3 is 5.32 Å². The lowest BCUT2D eigenvalue weighted by Gasteiger charge is -2.25. The number of hydrogen-bond acceptors (Lipinski definition) is 3. The second-order valence-corrected chi connectivity index (χ2v) is 7.49. The molecule has 0 fully saturated rings. The average Bonchev–Trinajstić information content (AvgIpc) is 2.68. The number of nitrogens with one attached hydrogen (secondary N) is 1. The molecule has 1 unspecified atom stereocenters. The predicted molar refractivity (Wildman–Crippen MR) is 105 cm³/mol. The van der Waals surface area contributed by atoms with E-state index in [1.807, 2.05) is 0 Å². The van der Waals surface area contributed by atoms with E-state index >= 15 is 0 Å². The van der Waals surface area contributed by atoms with E-state index in [2.05, 4.69) is 5.32 Å². The van der Waals surface area contributed by atoms with Crippen molar-refractivity contribution in [2.75, 3.05) is 5.32 Å². The third kappa shape index (κ3) is 2.91. The zero-order chi connectivity index (χ0) is 19.2. The number of carbonyl (C=O) groups is 3. The molecule has 27 heavy (non-hydrogen) atoms. The van der Waals surface area contributed by atoms with Gasteiger partial charge in [0.05, 0.1) is 11.3 Å². The van der Waals surface area contributed by atoms with Crippen LogP contribution in [0.4, 0.5) is 5.69 Å². The van der Waals surface area contributed by atoms with Crippen LogP contribution in [0.2, 0.25) is 0 Å². The lowest BCUT2D eigenvalue weighted by Crippen LogP contribution is -2.37. The molecule has 4 nitrogen and oxygen atoms in total. The molecule has 2 aromatic carbocycles. The van der Waals surface area contributed by atoms with Crippen molar-refractivity contribution in [2.24, 2.45) is 0 Å². The van der Waals surface area contributed by atoms with Crippen LogP contribution in [0.25, 0.3) is 0 Å². The molecule has 4 rings (SSSR count). The van der Waals surface area contributed by atoms with Crippen LogP contribution in [0.1, 0.15) is 38.3 Å². The Balaban J connectivity index is 1.73. The third-order valence-corrected chi connectivity index (χ3v) is 5.41. The second kappa shape index (κ2) is 6.48. The molecular weight excluding hydrogens is 385 g/mol. The molecular formula is C21H13Cl2NO3. The summed E-state index contributed by atoms with van der Waals surface area (Å²) in [4.78, 5) is 37.2. The summed E-state index contributed by atoms with van der Waals surface area (Å²) >= 11 is 12.3. The first-order chi connectivity index (χ1) is 12.9. The molecule has 0 spiro atoms. The number of carbonyl (C=O) groups excluding carboxylic acids is 3. The van der Waals surface area contributed by atoms with Crippen LogP contribution in [0, 0.1) is 0 Å². The van der Waals surface area contributed by atoms with Crippen LogP contribution in [-0.2, 0) is 4.79 Å². The molecule has 0 aromatic heterocycles. The lowest BCUT2D eigenvalue weighted by atomic mass is 9.83. The van der Waals surface area contributed by atoms with Crippen molar-refractivity contribution >= 4 is 46.4 Å². The van der Waals surface area contributed by atoms with E-state index in [1.54, 1.807) is 54.6 Å². The highest BCUT2D eigenvalue weighted by atomic mass is 35.5. The van der Waals surface area contributed by atoms with Gasteiger partial charge in [-0.2, -0.15) is 0 Å². The molecule has 134 valence electrons. The molecule has 0 radical (unpaired) electrons. The molecule has 2 aliphatic carbocycles. The zero-order valence-electron chi connectivity index (χ0n) is 14.0. The molecule has 1 amide bonds. The van der Waals surface area contributed by atoms with Crippen LogP contribution >= 0.6 is 23.2 Å². The van der Waals surface area contributed by atoms with Crippen molar-refractivity contribution in [1.82, 2.24) is 0 Å². The molecule has 0 bridgehead atoms. The van der Waals surface area contributed by atoms with E-state index in [1.165, 1.54) is 6.08 Å². The number of amides is 1. The SMILES string of the molecule is O=C1c2ccccc2C(=O)c2c(NC(=O)C3(Cl)C=CC(Cl)=CC3)cccc21. The van der Waals surface area contributed by atoms with Crippen molar-refractivity contribution in [3.05, 3.63) is 88.0 Å². The topological polar surface area (TPSA) is 63.2 Å². The average molecular weight is 398 g/mol. The lowest BCUT2D eigenvalue weighted by molar-refractivity contribution is -0.117. The van der Waals surface area contributed by atoms with Crippen LogP contribution in [0.5, 0.6) is 0 Å². The summed E-state index contributed by atoms with van der Waals surface area (Å²) in [6, 6.07) is 11.4. The first-order valence-corrected chi connectivity index (χ1v) is 9.03. The van der Waals surface area contributed by atoms with Crippen molar-refractivity contribution in [1.29, 1.82) is 0 Å². The number of anilines is 1. The first kappa shape index (κ1) is 17.7. The number of allylic oxidation sites excluding steroid dienone is 3. The Bertz CT molecular complexity index is 1070. The molecule has 6 heteroatoms. The Kier molecular flexibility index (Phi) is 4.25. The number of alkyl halides is 1. The monoisotopic (exact) mass is 397 g/mol. The molecule has 1 N–H and O–H groups in total. The molecule has 0 aliphatic heterocycles.